The second kappa shape index (κ2) is 5.62. The zero-order valence-electron chi connectivity index (χ0n) is 9.00. The first-order chi connectivity index (χ1) is 5.89. The van der Waals surface area contributed by atoms with E-state index >= 15 is 0 Å². The Hall–Kier alpha value is -0.0671. The molecular formula is C8H21GeN2O2+. The van der Waals surface area contributed by atoms with E-state index in [1.54, 1.807) is 0 Å². The van der Waals surface area contributed by atoms with E-state index in [4.69, 9.17) is 5.11 Å². The Balaban J connectivity index is 4.04. The maximum atomic E-state index is 10.9. The van der Waals surface area contributed by atoms with E-state index in [0.29, 0.717) is 21.2 Å². The summed E-state index contributed by atoms with van der Waals surface area (Å²) in [6.07, 6.45) is 1.70. The van der Waals surface area contributed by atoms with Gasteiger partial charge in [0.1, 0.15) is 0 Å². The van der Waals surface area contributed by atoms with Crippen LogP contribution in [0.5, 0.6) is 0 Å². The summed E-state index contributed by atoms with van der Waals surface area (Å²) in [6.45, 7) is 0.962. The predicted molar refractivity (Wildman–Crippen MR) is 56.6 cm³/mol. The summed E-state index contributed by atoms with van der Waals surface area (Å²) < 4.78 is 3.70. The molecule has 0 aromatic carbocycles. The molecule has 0 rings (SSSR count). The number of carboxylic acid groups (broad SMARTS) is 1. The number of carboxylic acids is 1. The van der Waals surface area contributed by atoms with Crippen molar-refractivity contribution < 1.29 is 14.4 Å². The average molecular weight is 250 g/mol. The minimum absolute atomic E-state index is 0.277. The van der Waals surface area contributed by atoms with Crippen molar-refractivity contribution in [2.24, 2.45) is 0 Å². The van der Waals surface area contributed by atoms with Gasteiger partial charge in [0.05, 0.1) is 0 Å². The molecule has 0 aliphatic heterocycles. The van der Waals surface area contributed by atoms with Crippen LogP contribution in [-0.4, -0.2) is 66.0 Å². The second-order valence-electron chi connectivity index (χ2n) is 4.22. The Labute approximate surface area is 88.3 Å². The Morgan fingerprint density at radius 2 is 2.08 bits per heavy atom. The zero-order valence-corrected chi connectivity index (χ0v) is 13.2. The van der Waals surface area contributed by atoms with Crippen LogP contribution in [0.2, 0.25) is 0 Å². The molecule has 1 unspecified atom stereocenters. The molecular weight excluding hydrogens is 229 g/mol. The van der Waals surface area contributed by atoms with Gasteiger partial charge in [-0.3, -0.25) is 0 Å². The predicted octanol–water partition coefficient (Wildman–Crippen LogP) is -1.20. The van der Waals surface area contributed by atoms with Crippen LogP contribution in [0.1, 0.15) is 12.8 Å². The maximum absolute atomic E-state index is 10.9. The molecule has 1 atom stereocenters. The number of likely N-dealkylation sites (N-methyl/N-ethyl adjacent to an activating group) is 1. The first kappa shape index (κ1) is 12.9. The third-order valence-corrected chi connectivity index (χ3v) is 3.17. The molecule has 0 aromatic rings. The molecule has 0 saturated heterocycles. The van der Waals surface area contributed by atoms with Crippen molar-refractivity contribution >= 4 is 22.7 Å². The van der Waals surface area contributed by atoms with E-state index < -0.39 is 5.97 Å². The molecule has 0 heterocycles. The fourth-order valence-corrected chi connectivity index (χ4v) is 2.06. The number of hydrogen-bond acceptors (Lipinski definition) is 2. The van der Waals surface area contributed by atoms with Gasteiger partial charge >= 0.3 is 87.9 Å². The van der Waals surface area contributed by atoms with Crippen LogP contribution in [0.15, 0.2) is 0 Å². The van der Waals surface area contributed by atoms with Gasteiger partial charge in [0.25, 0.3) is 0 Å². The molecule has 0 spiro atoms. The normalized spacial score (nSPS) is 14.4. The molecule has 0 radical (unpaired) electrons. The van der Waals surface area contributed by atoms with E-state index in [0.717, 1.165) is 19.4 Å². The summed E-state index contributed by atoms with van der Waals surface area (Å²) in [5.74, 6) is -0.690. The number of aliphatic carboxylic acids is 1. The van der Waals surface area contributed by atoms with Crippen molar-refractivity contribution in [3.8, 4) is 0 Å². The summed E-state index contributed by atoms with van der Waals surface area (Å²) in [5, 5.41) is 8.98. The molecule has 0 aromatic heterocycles. The molecule has 0 bridgehead atoms. The molecule has 5 heteroatoms. The molecule has 0 fully saturated rings. The van der Waals surface area contributed by atoms with Crippen LogP contribution in [0, 0.1) is 0 Å². The number of carbonyl (C=O) groups is 1. The Morgan fingerprint density at radius 1 is 1.54 bits per heavy atom. The van der Waals surface area contributed by atoms with Crippen molar-refractivity contribution in [3.63, 3.8) is 0 Å². The molecule has 0 amide bonds. The molecule has 0 saturated carbocycles. The van der Waals surface area contributed by atoms with Crippen molar-refractivity contribution in [3.05, 3.63) is 0 Å². The van der Waals surface area contributed by atoms with Crippen LogP contribution >= 0.6 is 0 Å². The second-order valence-corrected chi connectivity index (χ2v) is 5.70. The van der Waals surface area contributed by atoms with E-state index in [-0.39, 0.29) is 6.04 Å². The van der Waals surface area contributed by atoms with Gasteiger partial charge < -0.3 is 0 Å². The molecule has 2 N–H and O–H groups in total. The van der Waals surface area contributed by atoms with Crippen molar-refractivity contribution in [1.29, 1.82) is 0 Å². The molecule has 78 valence electrons. The molecule has 13 heavy (non-hydrogen) atoms. The van der Waals surface area contributed by atoms with E-state index in [2.05, 4.69) is 4.27 Å². The van der Waals surface area contributed by atoms with E-state index in [9.17, 15) is 4.79 Å². The monoisotopic (exact) mass is 251 g/mol. The molecule has 0 aliphatic carbocycles. The number of hydrogen-bond donors (Lipinski definition) is 2. The van der Waals surface area contributed by atoms with Gasteiger partial charge in [-0.05, 0) is 0 Å². The summed E-state index contributed by atoms with van der Waals surface area (Å²) in [4.78, 5) is 10.9. The van der Waals surface area contributed by atoms with Crippen LogP contribution in [0.4, 0.5) is 0 Å². The summed E-state index contributed by atoms with van der Waals surface area (Å²) >= 11 is 0.669. The first-order valence-electron chi connectivity index (χ1n) is 4.58. The van der Waals surface area contributed by atoms with E-state index in [1.807, 2.05) is 21.1 Å². The van der Waals surface area contributed by atoms with Crippen LogP contribution in [-0.2, 0) is 4.79 Å². The van der Waals surface area contributed by atoms with Crippen molar-refractivity contribution in [2.45, 2.75) is 18.9 Å². The fourth-order valence-electron chi connectivity index (χ4n) is 1.31. The van der Waals surface area contributed by atoms with Gasteiger partial charge in [-0.1, -0.05) is 0 Å². The van der Waals surface area contributed by atoms with Gasteiger partial charge in [0, 0.05) is 0 Å². The van der Waals surface area contributed by atoms with Crippen LogP contribution < -0.4 is 4.27 Å². The van der Waals surface area contributed by atoms with Gasteiger partial charge in [-0.25, -0.2) is 0 Å². The number of quaternary nitrogens is 1. The Kier molecular flexibility index (Phi) is 5.59. The fraction of sp³-hybridized carbons (Fsp3) is 0.875. The standard InChI is InChI=1S/C8H20GeN2O2/c1-11(2,3)7(8(12)13)5-4-6-10-9/h7,10H,4-6H2,1-3,9H3/p+1. The number of nitrogens with zero attached hydrogens (tertiary/aromatic N) is 1. The van der Waals surface area contributed by atoms with Crippen LogP contribution in [0.3, 0.4) is 0 Å². The van der Waals surface area contributed by atoms with E-state index in [1.165, 1.54) is 0 Å². The van der Waals surface area contributed by atoms with Gasteiger partial charge in [-0.2, -0.15) is 0 Å². The Bertz CT molecular complexity index is 168. The first-order valence-corrected chi connectivity index (χ1v) is 6.68. The summed E-state index contributed by atoms with van der Waals surface area (Å²) in [5.41, 5.74) is 0. The Morgan fingerprint density at radius 3 is 2.38 bits per heavy atom. The SMILES string of the molecule is C[N+](C)(C)C(CCC[NH][GeH3])C(=O)O. The number of rotatable bonds is 6. The third kappa shape index (κ3) is 5.28. The third-order valence-electron chi connectivity index (χ3n) is 2.12. The quantitative estimate of drug-likeness (QED) is 0.353. The summed E-state index contributed by atoms with van der Waals surface area (Å²) in [6, 6.07) is -0.277. The minimum atomic E-state index is -0.690. The van der Waals surface area contributed by atoms with Gasteiger partial charge in [0.2, 0.25) is 0 Å². The summed E-state index contributed by atoms with van der Waals surface area (Å²) in [7, 11) is 5.78. The zero-order chi connectivity index (χ0) is 10.5. The number of nitrogens with one attached hydrogen (secondary N) is 1. The van der Waals surface area contributed by atoms with Gasteiger partial charge in [0.15, 0.2) is 0 Å². The molecule has 0 aliphatic rings. The topological polar surface area (TPSA) is 49.3 Å². The van der Waals surface area contributed by atoms with Crippen LogP contribution in [0.25, 0.3) is 0 Å². The molecule has 4 nitrogen and oxygen atoms in total. The van der Waals surface area contributed by atoms with Gasteiger partial charge in [-0.15, -0.1) is 0 Å². The van der Waals surface area contributed by atoms with Crippen molar-refractivity contribution in [1.82, 2.24) is 4.27 Å². The van der Waals surface area contributed by atoms with Crippen molar-refractivity contribution in [2.75, 3.05) is 27.7 Å². The average Bonchev–Trinajstić information content (AvgIpc) is 1.94.